The fourth-order valence-electron chi connectivity index (χ4n) is 2.11. The Bertz CT molecular complexity index is 544. The van der Waals surface area contributed by atoms with Crippen LogP contribution >= 0.6 is 0 Å². The first-order valence-electron chi connectivity index (χ1n) is 6.76. The summed E-state index contributed by atoms with van der Waals surface area (Å²) in [7, 11) is 2.04. The molecule has 0 amide bonds. The number of nitrogens with zero attached hydrogens (tertiary/aromatic N) is 1. The molecule has 0 N–H and O–H groups in total. The third-order valence-electron chi connectivity index (χ3n) is 3.15. The molecule has 104 valence electrons. The molecule has 1 aromatic rings. The van der Waals surface area contributed by atoms with Crippen molar-refractivity contribution in [2.24, 2.45) is 0 Å². The lowest BCUT2D eigenvalue weighted by Crippen LogP contribution is -2.17. The Morgan fingerprint density at radius 3 is 2.15 bits per heavy atom. The monoisotopic (exact) mass is 265 g/mol. The van der Waals surface area contributed by atoms with Gasteiger partial charge < -0.3 is 4.90 Å². The van der Waals surface area contributed by atoms with Gasteiger partial charge in [0, 0.05) is 24.0 Å². The number of allylic oxidation sites excluding steroid dienone is 7. The van der Waals surface area contributed by atoms with Crippen LogP contribution < -0.4 is 4.90 Å². The summed E-state index contributed by atoms with van der Waals surface area (Å²) in [5.74, 6) is 0. The number of likely N-dealkylation sites (N-methyl/N-ethyl adjacent to an activating group) is 1. The highest BCUT2D eigenvalue weighted by Gasteiger charge is 2.10. The molecule has 0 saturated heterocycles. The van der Waals surface area contributed by atoms with Crippen LogP contribution in [0.3, 0.4) is 0 Å². The molecule has 0 aliphatic heterocycles. The van der Waals surface area contributed by atoms with E-state index < -0.39 is 0 Å². The second-order valence-corrected chi connectivity index (χ2v) is 4.35. The van der Waals surface area contributed by atoms with Crippen LogP contribution in [0.2, 0.25) is 0 Å². The lowest BCUT2D eigenvalue weighted by atomic mass is 10.0. The van der Waals surface area contributed by atoms with E-state index in [4.69, 9.17) is 0 Å². The standard InChI is InChI=1S/C19H23N/c1-6-13-16(7-2)18(8-3)19(9-4)20(5)17-14-11-10-12-15-17/h6-15H,3-4H2,1-2,5H3/b13-6-,16-7+,19-18-. The summed E-state index contributed by atoms with van der Waals surface area (Å²) >= 11 is 0. The minimum atomic E-state index is 1.04. The Morgan fingerprint density at radius 1 is 1.05 bits per heavy atom. The van der Waals surface area contributed by atoms with Crippen LogP contribution in [0.25, 0.3) is 0 Å². The Morgan fingerprint density at radius 2 is 1.70 bits per heavy atom. The number of rotatable bonds is 6. The second-order valence-electron chi connectivity index (χ2n) is 4.35. The number of hydrogen-bond acceptors (Lipinski definition) is 1. The summed E-state index contributed by atoms with van der Waals surface area (Å²) < 4.78 is 0. The van der Waals surface area contributed by atoms with Crippen LogP contribution in [0.15, 0.2) is 90.7 Å². The van der Waals surface area contributed by atoms with E-state index in [1.807, 2.05) is 57.3 Å². The molecule has 1 heteroatoms. The van der Waals surface area contributed by atoms with Gasteiger partial charge in [-0.2, -0.15) is 0 Å². The molecule has 0 aliphatic rings. The maximum absolute atomic E-state index is 3.95. The third-order valence-corrected chi connectivity index (χ3v) is 3.15. The fourth-order valence-corrected chi connectivity index (χ4v) is 2.11. The van der Waals surface area contributed by atoms with Gasteiger partial charge in [-0.1, -0.05) is 55.7 Å². The molecule has 0 heterocycles. The fraction of sp³-hybridized carbons (Fsp3) is 0.158. The van der Waals surface area contributed by atoms with E-state index in [2.05, 4.69) is 42.3 Å². The van der Waals surface area contributed by atoms with Crippen LogP contribution in [0.4, 0.5) is 5.69 Å². The van der Waals surface area contributed by atoms with Crippen LogP contribution in [0, 0.1) is 0 Å². The molecule has 0 saturated carbocycles. The molecule has 0 bridgehead atoms. The first-order chi connectivity index (χ1) is 9.69. The zero-order chi connectivity index (χ0) is 15.0. The van der Waals surface area contributed by atoms with E-state index in [-0.39, 0.29) is 0 Å². The lowest BCUT2D eigenvalue weighted by Gasteiger charge is -2.23. The van der Waals surface area contributed by atoms with E-state index in [1.165, 1.54) is 0 Å². The van der Waals surface area contributed by atoms with Gasteiger partial charge in [-0.05, 0) is 37.6 Å². The van der Waals surface area contributed by atoms with Crippen molar-refractivity contribution in [2.75, 3.05) is 11.9 Å². The Labute approximate surface area is 122 Å². The largest absolute Gasteiger partial charge is 0.344 e. The SMILES string of the molecule is C=CC(=C(\C=C)N(C)c1ccccc1)/C(/C=C\C)=C/C. The molecule has 0 unspecified atom stereocenters. The van der Waals surface area contributed by atoms with E-state index in [0.29, 0.717) is 0 Å². The smallest absolute Gasteiger partial charge is 0.0481 e. The predicted octanol–water partition coefficient (Wildman–Crippen LogP) is 5.27. The van der Waals surface area contributed by atoms with Crippen LogP contribution in [-0.2, 0) is 0 Å². The molecule has 1 nitrogen and oxygen atoms in total. The first kappa shape index (κ1) is 15.8. The Kier molecular flexibility index (Phi) is 6.31. The maximum Gasteiger partial charge on any atom is 0.0481 e. The predicted molar refractivity (Wildman–Crippen MR) is 90.8 cm³/mol. The van der Waals surface area contributed by atoms with Gasteiger partial charge in [0.25, 0.3) is 0 Å². The number of hydrogen-bond donors (Lipinski definition) is 0. The lowest BCUT2D eigenvalue weighted by molar-refractivity contribution is 1.12. The molecule has 0 spiro atoms. The Balaban J connectivity index is 3.36. The van der Waals surface area contributed by atoms with Gasteiger partial charge in [0.1, 0.15) is 0 Å². The summed E-state index contributed by atoms with van der Waals surface area (Å²) in [4.78, 5) is 2.12. The van der Waals surface area contributed by atoms with Crippen molar-refractivity contribution >= 4 is 5.69 Å². The molecule has 0 aliphatic carbocycles. The molecule has 1 aromatic carbocycles. The average molecular weight is 265 g/mol. The van der Waals surface area contributed by atoms with Crippen molar-refractivity contribution < 1.29 is 0 Å². The topological polar surface area (TPSA) is 3.24 Å². The highest BCUT2D eigenvalue weighted by molar-refractivity contribution is 5.60. The third kappa shape index (κ3) is 3.61. The normalized spacial score (nSPS) is 13.1. The van der Waals surface area contributed by atoms with Crippen molar-refractivity contribution in [2.45, 2.75) is 13.8 Å². The van der Waals surface area contributed by atoms with Crippen LogP contribution in [0.5, 0.6) is 0 Å². The number of benzene rings is 1. The summed E-state index contributed by atoms with van der Waals surface area (Å²) in [6.07, 6.45) is 9.95. The molecule has 0 radical (unpaired) electrons. The van der Waals surface area contributed by atoms with Crippen molar-refractivity contribution in [1.82, 2.24) is 0 Å². The maximum atomic E-state index is 3.95. The van der Waals surface area contributed by atoms with Crippen LogP contribution in [-0.4, -0.2) is 7.05 Å². The first-order valence-corrected chi connectivity index (χ1v) is 6.76. The van der Waals surface area contributed by atoms with Gasteiger partial charge in [-0.15, -0.1) is 0 Å². The molecule has 0 aromatic heterocycles. The van der Waals surface area contributed by atoms with E-state index in [0.717, 1.165) is 22.5 Å². The molecular weight excluding hydrogens is 242 g/mol. The van der Waals surface area contributed by atoms with Crippen molar-refractivity contribution in [1.29, 1.82) is 0 Å². The van der Waals surface area contributed by atoms with E-state index in [1.54, 1.807) is 0 Å². The minimum Gasteiger partial charge on any atom is -0.344 e. The van der Waals surface area contributed by atoms with Crippen molar-refractivity contribution in [3.8, 4) is 0 Å². The number of anilines is 1. The van der Waals surface area contributed by atoms with Crippen LogP contribution in [0.1, 0.15) is 13.8 Å². The summed E-state index contributed by atoms with van der Waals surface area (Å²) in [5, 5.41) is 0. The van der Waals surface area contributed by atoms with Gasteiger partial charge in [0.15, 0.2) is 0 Å². The average Bonchev–Trinajstić information content (AvgIpc) is 2.51. The second kappa shape index (κ2) is 8.00. The minimum absolute atomic E-state index is 1.04. The quantitative estimate of drug-likeness (QED) is 0.633. The molecule has 1 rings (SSSR count). The van der Waals surface area contributed by atoms with Gasteiger partial charge >= 0.3 is 0 Å². The van der Waals surface area contributed by atoms with Gasteiger partial charge in [0.2, 0.25) is 0 Å². The molecule has 0 fully saturated rings. The summed E-state index contributed by atoms with van der Waals surface area (Å²) in [5.41, 5.74) is 4.38. The molecule has 0 atom stereocenters. The highest BCUT2D eigenvalue weighted by Crippen LogP contribution is 2.25. The van der Waals surface area contributed by atoms with Crippen molar-refractivity contribution in [3.05, 3.63) is 90.7 Å². The van der Waals surface area contributed by atoms with Gasteiger partial charge in [-0.25, -0.2) is 0 Å². The van der Waals surface area contributed by atoms with E-state index in [9.17, 15) is 0 Å². The summed E-state index contributed by atoms with van der Waals surface area (Å²) in [6.45, 7) is 11.9. The summed E-state index contributed by atoms with van der Waals surface area (Å²) in [6, 6.07) is 10.2. The number of para-hydroxylation sites is 1. The highest BCUT2D eigenvalue weighted by atomic mass is 15.1. The Hall–Kier alpha value is -2.28. The molecule has 20 heavy (non-hydrogen) atoms. The zero-order valence-corrected chi connectivity index (χ0v) is 12.6. The van der Waals surface area contributed by atoms with Gasteiger partial charge in [0.05, 0.1) is 0 Å². The van der Waals surface area contributed by atoms with E-state index >= 15 is 0 Å². The zero-order valence-electron chi connectivity index (χ0n) is 12.6. The van der Waals surface area contributed by atoms with Crippen molar-refractivity contribution in [3.63, 3.8) is 0 Å². The van der Waals surface area contributed by atoms with Gasteiger partial charge in [-0.3, -0.25) is 0 Å². The molecular formula is C19H23N.